The minimum absolute atomic E-state index is 0.0539. The summed E-state index contributed by atoms with van der Waals surface area (Å²) in [6, 6.07) is 5.91. The molecule has 1 aromatic carbocycles. The summed E-state index contributed by atoms with van der Waals surface area (Å²) in [5, 5.41) is 0. The molecule has 1 fully saturated rings. The van der Waals surface area contributed by atoms with Gasteiger partial charge < -0.3 is 15.4 Å². The van der Waals surface area contributed by atoms with Crippen LogP contribution in [-0.4, -0.2) is 18.6 Å². The Morgan fingerprint density at radius 2 is 2.20 bits per heavy atom. The topological polar surface area (TPSA) is 55.6 Å². The van der Waals surface area contributed by atoms with Crippen molar-refractivity contribution in [3.05, 3.63) is 23.8 Å². The van der Waals surface area contributed by atoms with E-state index in [0.717, 1.165) is 29.8 Å². The van der Waals surface area contributed by atoms with Crippen LogP contribution in [0.15, 0.2) is 18.2 Å². The summed E-state index contributed by atoms with van der Waals surface area (Å²) in [6.45, 7) is 5.39. The van der Waals surface area contributed by atoms with Crippen molar-refractivity contribution in [3.8, 4) is 5.75 Å². The van der Waals surface area contributed by atoms with Gasteiger partial charge in [0.15, 0.2) is 0 Å². The van der Waals surface area contributed by atoms with E-state index in [9.17, 15) is 4.79 Å². The van der Waals surface area contributed by atoms with Gasteiger partial charge in [-0.05, 0) is 36.5 Å². The van der Waals surface area contributed by atoms with Crippen LogP contribution in [0.2, 0.25) is 0 Å². The molecule has 1 atom stereocenters. The molecule has 0 radical (unpaired) electrons. The monoisotopic (exact) mass is 274 g/mol. The van der Waals surface area contributed by atoms with Gasteiger partial charge in [0.05, 0.1) is 12.2 Å². The summed E-state index contributed by atoms with van der Waals surface area (Å²) >= 11 is 0. The van der Waals surface area contributed by atoms with E-state index in [2.05, 4.69) is 13.8 Å². The fourth-order valence-corrected chi connectivity index (χ4v) is 2.59. The standard InChI is InChI=1S/C16H22N2O2/c1-10(2)15-9-18(16(19)12-4-5-12)13-6-3-11(8-17)7-14(13)20-15/h3,6-7,10,12,15H,4-5,8-9,17H2,1-2H3. The first kappa shape index (κ1) is 13.4. The smallest absolute Gasteiger partial charge is 0.230 e. The average Bonchev–Trinajstić information content (AvgIpc) is 3.29. The number of nitrogens with zero attached hydrogens (tertiary/aromatic N) is 1. The molecule has 0 aromatic heterocycles. The van der Waals surface area contributed by atoms with Crippen molar-refractivity contribution in [3.63, 3.8) is 0 Å². The normalized spacial score (nSPS) is 21.6. The molecule has 20 heavy (non-hydrogen) atoms. The molecule has 1 aliphatic heterocycles. The molecular formula is C16H22N2O2. The first-order valence-electron chi connectivity index (χ1n) is 7.41. The van der Waals surface area contributed by atoms with Gasteiger partial charge in [-0.25, -0.2) is 0 Å². The van der Waals surface area contributed by atoms with Gasteiger partial charge in [0.2, 0.25) is 5.91 Å². The number of amides is 1. The lowest BCUT2D eigenvalue weighted by Gasteiger charge is -2.37. The third-order valence-corrected chi connectivity index (χ3v) is 4.13. The van der Waals surface area contributed by atoms with Crippen LogP contribution in [0.25, 0.3) is 0 Å². The van der Waals surface area contributed by atoms with E-state index in [1.807, 2.05) is 23.1 Å². The summed E-state index contributed by atoms with van der Waals surface area (Å²) in [4.78, 5) is 14.4. The van der Waals surface area contributed by atoms with Gasteiger partial charge in [-0.2, -0.15) is 0 Å². The zero-order valence-corrected chi connectivity index (χ0v) is 12.1. The number of carbonyl (C=O) groups is 1. The number of hydrogen-bond acceptors (Lipinski definition) is 3. The second kappa shape index (κ2) is 5.09. The van der Waals surface area contributed by atoms with E-state index in [1.54, 1.807) is 0 Å². The maximum atomic E-state index is 12.5. The number of benzene rings is 1. The highest BCUT2D eigenvalue weighted by Crippen LogP contribution is 2.40. The SMILES string of the molecule is CC(C)C1CN(C(=O)C2CC2)c2ccc(CN)cc2O1. The van der Waals surface area contributed by atoms with Gasteiger partial charge in [0, 0.05) is 12.5 Å². The Labute approximate surface area is 119 Å². The van der Waals surface area contributed by atoms with Gasteiger partial charge in [0.25, 0.3) is 0 Å². The van der Waals surface area contributed by atoms with Crippen molar-refractivity contribution in [2.75, 3.05) is 11.4 Å². The molecule has 1 heterocycles. The molecule has 3 rings (SSSR count). The second-order valence-corrected chi connectivity index (χ2v) is 6.13. The Hall–Kier alpha value is -1.55. The summed E-state index contributed by atoms with van der Waals surface area (Å²) in [6.07, 6.45) is 2.11. The van der Waals surface area contributed by atoms with Crippen molar-refractivity contribution < 1.29 is 9.53 Å². The van der Waals surface area contributed by atoms with Crippen LogP contribution in [0.4, 0.5) is 5.69 Å². The number of carbonyl (C=O) groups excluding carboxylic acids is 1. The molecule has 2 aliphatic rings. The number of hydrogen-bond donors (Lipinski definition) is 1. The molecule has 1 unspecified atom stereocenters. The van der Waals surface area contributed by atoms with Crippen LogP contribution >= 0.6 is 0 Å². The lowest BCUT2D eigenvalue weighted by atomic mass is 10.0. The quantitative estimate of drug-likeness (QED) is 0.920. The molecule has 4 nitrogen and oxygen atoms in total. The zero-order chi connectivity index (χ0) is 14.3. The van der Waals surface area contributed by atoms with Gasteiger partial charge in [-0.15, -0.1) is 0 Å². The minimum atomic E-state index is 0.0539. The molecule has 1 saturated carbocycles. The van der Waals surface area contributed by atoms with Gasteiger partial charge >= 0.3 is 0 Å². The highest BCUT2D eigenvalue weighted by molar-refractivity contribution is 5.98. The predicted octanol–water partition coefficient (Wildman–Crippen LogP) is 2.31. The molecule has 0 saturated heterocycles. The van der Waals surface area contributed by atoms with Gasteiger partial charge in [-0.3, -0.25) is 4.79 Å². The Morgan fingerprint density at radius 3 is 2.80 bits per heavy atom. The Balaban J connectivity index is 1.96. The van der Waals surface area contributed by atoms with Crippen molar-refractivity contribution in [2.24, 2.45) is 17.6 Å². The fraction of sp³-hybridized carbons (Fsp3) is 0.562. The van der Waals surface area contributed by atoms with E-state index in [1.165, 1.54) is 0 Å². The molecule has 0 bridgehead atoms. The van der Waals surface area contributed by atoms with Gasteiger partial charge in [-0.1, -0.05) is 19.9 Å². The maximum Gasteiger partial charge on any atom is 0.230 e. The Bertz CT molecular complexity index is 523. The Kier molecular flexibility index (Phi) is 3.42. The van der Waals surface area contributed by atoms with Crippen LogP contribution < -0.4 is 15.4 Å². The molecular weight excluding hydrogens is 252 g/mol. The van der Waals surface area contributed by atoms with Crippen LogP contribution in [0.1, 0.15) is 32.3 Å². The lowest BCUT2D eigenvalue weighted by Crippen LogP contribution is -2.46. The third-order valence-electron chi connectivity index (χ3n) is 4.13. The fourth-order valence-electron chi connectivity index (χ4n) is 2.59. The molecule has 1 amide bonds. The lowest BCUT2D eigenvalue weighted by molar-refractivity contribution is -0.120. The number of ether oxygens (including phenoxy) is 1. The molecule has 108 valence electrons. The van der Waals surface area contributed by atoms with Crippen LogP contribution in [0, 0.1) is 11.8 Å². The van der Waals surface area contributed by atoms with E-state index < -0.39 is 0 Å². The number of anilines is 1. The predicted molar refractivity (Wildman–Crippen MR) is 78.7 cm³/mol. The largest absolute Gasteiger partial charge is 0.486 e. The number of fused-ring (bicyclic) bond motifs is 1. The summed E-state index contributed by atoms with van der Waals surface area (Å²) < 4.78 is 6.07. The number of nitrogens with two attached hydrogens (primary N) is 1. The Morgan fingerprint density at radius 1 is 1.45 bits per heavy atom. The van der Waals surface area contributed by atoms with E-state index >= 15 is 0 Å². The van der Waals surface area contributed by atoms with E-state index in [0.29, 0.717) is 19.0 Å². The second-order valence-electron chi connectivity index (χ2n) is 6.13. The van der Waals surface area contributed by atoms with Gasteiger partial charge in [0.1, 0.15) is 11.9 Å². The highest BCUT2D eigenvalue weighted by Gasteiger charge is 2.38. The molecule has 1 aromatic rings. The van der Waals surface area contributed by atoms with Crippen molar-refractivity contribution in [1.82, 2.24) is 0 Å². The van der Waals surface area contributed by atoms with E-state index in [-0.39, 0.29) is 17.9 Å². The van der Waals surface area contributed by atoms with Crippen LogP contribution in [0.3, 0.4) is 0 Å². The van der Waals surface area contributed by atoms with Crippen molar-refractivity contribution in [2.45, 2.75) is 39.3 Å². The minimum Gasteiger partial charge on any atom is -0.486 e. The average molecular weight is 274 g/mol. The number of rotatable bonds is 3. The van der Waals surface area contributed by atoms with Crippen LogP contribution in [0.5, 0.6) is 5.75 Å². The van der Waals surface area contributed by atoms with Crippen molar-refractivity contribution in [1.29, 1.82) is 0 Å². The summed E-state index contributed by atoms with van der Waals surface area (Å²) in [7, 11) is 0. The van der Waals surface area contributed by atoms with Crippen LogP contribution in [-0.2, 0) is 11.3 Å². The summed E-state index contributed by atoms with van der Waals surface area (Å²) in [5.74, 6) is 1.65. The first-order chi connectivity index (χ1) is 9.60. The molecule has 1 aliphatic carbocycles. The summed E-state index contributed by atoms with van der Waals surface area (Å²) in [5.41, 5.74) is 7.63. The first-order valence-corrected chi connectivity index (χ1v) is 7.41. The molecule has 2 N–H and O–H groups in total. The zero-order valence-electron chi connectivity index (χ0n) is 12.1. The van der Waals surface area contributed by atoms with E-state index in [4.69, 9.17) is 10.5 Å². The maximum absolute atomic E-state index is 12.5. The highest BCUT2D eigenvalue weighted by atomic mass is 16.5. The molecule has 4 heteroatoms. The molecule has 0 spiro atoms. The van der Waals surface area contributed by atoms with Crippen molar-refractivity contribution >= 4 is 11.6 Å². The third kappa shape index (κ3) is 2.40.